The first-order valence-corrected chi connectivity index (χ1v) is 9.61. The SMILES string of the molecule is C[C@@H]1CN(C(=S)Nc2ccccc2)[C@H](C)CN1C(=S)Nc1ccccc1. The molecule has 1 heterocycles. The molecular formula is C20H24N4S2. The molecule has 0 aromatic heterocycles. The topological polar surface area (TPSA) is 30.5 Å². The second-order valence-electron chi connectivity index (χ2n) is 6.60. The van der Waals surface area contributed by atoms with Crippen LogP contribution in [0, 0.1) is 0 Å². The van der Waals surface area contributed by atoms with Crippen LogP contribution in [0.1, 0.15) is 13.8 Å². The van der Waals surface area contributed by atoms with Crippen LogP contribution >= 0.6 is 24.4 Å². The Labute approximate surface area is 166 Å². The Morgan fingerprint density at radius 1 is 0.731 bits per heavy atom. The van der Waals surface area contributed by atoms with Gasteiger partial charge in [0.05, 0.1) is 0 Å². The molecule has 0 spiro atoms. The third kappa shape index (κ3) is 4.51. The largest absolute Gasteiger partial charge is 0.342 e. The van der Waals surface area contributed by atoms with Crippen molar-refractivity contribution in [1.82, 2.24) is 9.80 Å². The molecule has 1 fully saturated rings. The number of anilines is 2. The molecule has 1 aliphatic heterocycles. The van der Waals surface area contributed by atoms with Gasteiger partial charge in [-0.15, -0.1) is 0 Å². The van der Waals surface area contributed by atoms with Crippen molar-refractivity contribution >= 4 is 46.0 Å². The van der Waals surface area contributed by atoms with Crippen molar-refractivity contribution in [3.05, 3.63) is 60.7 Å². The van der Waals surface area contributed by atoms with Crippen LogP contribution < -0.4 is 10.6 Å². The lowest BCUT2D eigenvalue weighted by Crippen LogP contribution is -2.60. The summed E-state index contributed by atoms with van der Waals surface area (Å²) in [4.78, 5) is 4.49. The number of rotatable bonds is 2. The average Bonchev–Trinajstić information content (AvgIpc) is 2.64. The van der Waals surface area contributed by atoms with Crippen LogP contribution in [0.2, 0.25) is 0 Å². The van der Waals surface area contributed by atoms with E-state index in [1.807, 2.05) is 60.7 Å². The van der Waals surface area contributed by atoms with Crippen LogP contribution in [0.25, 0.3) is 0 Å². The van der Waals surface area contributed by atoms with Crippen LogP contribution in [0.5, 0.6) is 0 Å². The van der Waals surface area contributed by atoms with Gasteiger partial charge in [0.15, 0.2) is 10.2 Å². The first kappa shape index (κ1) is 18.6. The summed E-state index contributed by atoms with van der Waals surface area (Å²) in [5.74, 6) is 0. The number of hydrogen-bond acceptors (Lipinski definition) is 2. The smallest absolute Gasteiger partial charge is 0.173 e. The highest BCUT2D eigenvalue weighted by Crippen LogP contribution is 2.19. The minimum absolute atomic E-state index is 0.269. The van der Waals surface area contributed by atoms with E-state index >= 15 is 0 Å². The molecule has 2 aromatic carbocycles. The molecule has 2 aromatic rings. The molecule has 0 bridgehead atoms. The summed E-state index contributed by atoms with van der Waals surface area (Å²) < 4.78 is 0. The number of thiocarbonyl (C=S) groups is 2. The zero-order valence-corrected chi connectivity index (χ0v) is 16.7. The van der Waals surface area contributed by atoms with Gasteiger partial charge in [-0.1, -0.05) is 36.4 Å². The maximum Gasteiger partial charge on any atom is 0.173 e. The minimum atomic E-state index is 0.269. The Bertz CT molecular complexity index is 685. The van der Waals surface area contributed by atoms with Crippen molar-refractivity contribution in [1.29, 1.82) is 0 Å². The molecule has 0 aliphatic carbocycles. The zero-order valence-electron chi connectivity index (χ0n) is 15.1. The molecule has 1 aliphatic rings. The van der Waals surface area contributed by atoms with E-state index in [1.54, 1.807) is 0 Å². The van der Waals surface area contributed by atoms with Crippen LogP contribution in [-0.4, -0.2) is 45.2 Å². The third-order valence-corrected chi connectivity index (χ3v) is 5.23. The number of hydrogen-bond donors (Lipinski definition) is 2. The fourth-order valence-electron chi connectivity index (χ4n) is 3.13. The predicted molar refractivity (Wildman–Crippen MR) is 118 cm³/mol. The first-order valence-electron chi connectivity index (χ1n) is 8.80. The van der Waals surface area contributed by atoms with E-state index in [0.717, 1.165) is 34.7 Å². The molecule has 26 heavy (non-hydrogen) atoms. The van der Waals surface area contributed by atoms with Gasteiger partial charge in [-0.2, -0.15) is 0 Å². The predicted octanol–water partition coefficient (Wildman–Crippen LogP) is 4.18. The molecule has 4 nitrogen and oxygen atoms in total. The second kappa shape index (κ2) is 8.47. The van der Waals surface area contributed by atoms with E-state index in [-0.39, 0.29) is 12.1 Å². The van der Waals surface area contributed by atoms with Gasteiger partial charge < -0.3 is 20.4 Å². The van der Waals surface area contributed by atoms with Gasteiger partial charge in [-0.25, -0.2) is 0 Å². The highest BCUT2D eigenvalue weighted by atomic mass is 32.1. The summed E-state index contributed by atoms with van der Waals surface area (Å²) in [5, 5.41) is 8.20. The molecule has 2 N–H and O–H groups in total. The van der Waals surface area contributed by atoms with Gasteiger partial charge in [-0.3, -0.25) is 0 Å². The molecular weight excluding hydrogens is 360 g/mol. The quantitative estimate of drug-likeness (QED) is 0.756. The van der Waals surface area contributed by atoms with Gasteiger partial charge in [0.25, 0.3) is 0 Å². The van der Waals surface area contributed by atoms with Crippen LogP contribution in [0.4, 0.5) is 11.4 Å². The molecule has 2 atom stereocenters. The summed E-state index contributed by atoms with van der Waals surface area (Å²) in [7, 11) is 0. The van der Waals surface area contributed by atoms with Gasteiger partial charge >= 0.3 is 0 Å². The normalized spacial score (nSPS) is 19.8. The molecule has 1 saturated heterocycles. The van der Waals surface area contributed by atoms with Gasteiger partial charge in [-0.05, 0) is 62.5 Å². The van der Waals surface area contributed by atoms with Gasteiger partial charge in [0.2, 0.25) is 0 Å². The lowest BCUT2D eigenvalue weighted by Gasteiger charge is -2.46. The van der Waals surface area contributed by atoms with Crippen molar-refractivity contribution in [2.75, 3.05) is 23.7 Å². The molecule has 136 valence electrons. The second-order valence-corrected chi connectivity index (χ2v) is 7.37. The number of piperazine rings is 1. The summed E-state index contributed by atoms with van der Waals surface area (Å²) in [6.45, 7) is 6.03. The maximum absolute atomic E-state index is 5.64. The Kier molecular flexibility index (Phi) is 6.06. The van der Waals surface area contributed by atoms with E-state index in [9.17, 15) is 0 Å². The fraction of sp³-hybridized carbons (Fsp3) is 0.300. The van der Waals surface area contributed by atoms with Gasteiger partial charge in [0, 0.05) is 36.5 Å². The van der Waals surface area contributed by atoms with Crippen LogP contribution in [-0.2, 0) is 0 Å². The van der Waals surface area contributed by atoms with Crippen LogP contribution in [0.3, 0.4) is 0 Å². The molecule has 3 rings (SSSR count). The Morgan fingerprint density at radius 3 is 1.42 bits per heavy atom. The summed E-state index contributed by atoms with van der Waals surface area (Å²) in [6.07, 6.45) is 0. The highest BCUT2D eigenvalue weighted by molar-refractivity contribution is 7.80. The van der Waals surface area contributed by atoms with Crippen molar-refractivity contribution in [2.45, 2.75) is 25.9 Å². The molecule has 6 heteroatoms. The third-order valence-electron chi connectivity index (χ3n) is 4.56. The summed E-state index contributed by atoms with van der Waals surface area (Å²) in [6, 6.07) is 20.6. The molecule has 0 radical (unpaired) electrons. The Morgan fingerprint density at radius 2 is 1.08 bits per heavy atom. The average molecular weight is 385 g/mol. The Hall–Kier alpha value is -2.18. The number of benzene rings is 2. The highest BCUT2D eigenvalue weighted by Gasteiger charge is 2.31. The standard InChI is InChI=1S/C20H24N4S2/c1-15-13-24(20(26)22-18-11-7-4-8-12-18)16(2)14-23(15)19(25)21-17-9-5-3-6-10-17/h3-12,15-16H,13-14H2,1-2H3,(H,21,25)(H,22,26)/t15-,16-/m1/s1. The zero-order chi connectivity index (χ0) is 18.5. The van der Waals surface area contributed by atoms with E-state index in [0.29, 0.717) is 0 Å². The molecule has 0 unspecified atom stereocenters. The van der Waals surface area contributed by atoms with Crippen molar-refractivity contribution in [3.8, 4) is 0 Å². The van der Waals surface area contributed by atoms with E-state index in [1.165, 1.54) is 0 Å². The van der Waals surface area contributed by atoms with E-state index < -0.39 is 0 Å². The lowest BCUT2D eigenvalue weighted by atomic mass is 10.1. The van der Waals surface area contributed by atoms with Crippen molar-refractivity contribution in [2.24, 2.45) is 0 Å². The molecule has 0 saturated carbocycles. The summed E-state index contributed by atoms with van der Waals surface area (Å²) >= 11 is 11.3. The van der Waals surface area contributed by atoms with E-state index in [2.05, 4.69) is 34.3 Å². The van der Waals surface area contributed by atoms with Crippen molar-refractivity contribution < 1.29 is 0 Å². The Balaban J connectivity index is 1.61. The minimum Gasteiger partial charge on any atom is -0.342 e. The molecule has 0 amide bonds. The van der Waals surface area contributed by atoms with Gasteiger partial charge in [0.1, 0.15) is 0 Å². The van der Waals surface area contributed by atoms with Crippen LogP contribution in [0.15, 0.2) is 60.7 Å². The van der Waals surface area contributed by atoms with E-state index in [4.69, 9.17) is 24.4 Å². The number of nitrogens with one attached hydrogen (secondary N) is 2. The lowest BCUT2D eigenvalue weighted by molar-refractivity contribution is 0.150. The fourth-order valence-corrected chi connectivity index (χ4v) is 3.87. The van der Waals surface area contributed by atoms with Crippen molar-refractivity contribution in [3.63, 3.8) is 0 Å². The summed E-state index contributed by atoms with van der Waals surface area (Å²) in [5.41, 5.74) is 2.03. The monoisotopic (exact) mass is 384 g/mol. The number of nitrogens with zero attached hydrogens (tertiary/aromatic N) is 2. The maximum atomic E-state index is 5.64. The number of para-hydroxylation sites is 2. The first-order chi connectivity index (χ1) is 12.5.